The molecule has 0 heterocycles. The van der Waals surface area contributed by atoms with Crippen molar-refractivity contribution in [2.45, 2.75) is 6.04 Å². The van der Waals surface area contributed by atoms with Crippen molar-refractivity contribution >= 4 is 31.9 Å². The standard InChI is InChI=1S/C14H12Br2FN/c1-18-14(10-4-2-3-5-13(10)17)11-8-9(15)6-7-12(11)16/h2-8,14,18H,1H3. The van der Waals surface area contributed by atoms with Crippen molar-refractivity contribution in [3.05, 3.63) is 68.4 Å². The van der Waals surface area contributed by atoms with Crippen molar-refractivity contribution in [1.82, 2.24) is 5.32 Å². The normalized spacial score (nSPS) is 12.4. The Labute approximate surface area is 123 Å². The second-order valence-corrected chi connectivity index (χ2v) is 5.68. The Balaban J connectivity index is 2.52. The summed E-state index contributed by atoms with van der Waals surface area (Å²) in [4.78, 5) is 0. The molecule has 0 saturated heterocycles. The molecule has 0 fully saturated rings. The SMILES string of the molecule is CNC(c1ccccc1F)c1cc(Br)ccc1Br. The lowest BCUT2D eigenvalue weighted by molar-refractivity contribution is 0.575. The maximum atomic E-state index is 13.9. The first-order chi connectivity index (χ1) is 8.63. The highest BCUT2D eigenvalue weighted by Gasteiger charge is 2.18. The third-order valence-corrected chi connectivity index (χ3v) is 3.99. The van der Waals surface area contributed by atoms with Crippen molar-refractivity contribution in [1.29, 1.82) is 0 Å². The number of hydrogen-bond donors (Lipinski definition) is 1. The van der Waals surface area contributed by atoms with Crippen LogP contribution in [0.4, 0.5) is 4.39 Å². The predicted molar refractivity (Wildman–Crippen MR) is 79.1 cm³/mol. The lowest BCUT2D eigenvalue weighted by Gasteiger charge is -2.19. The van der Waals surface area contributed by atoms with Gasteiger partial charge in [-0.15, -0.1) is 0 Å². The van der Waals surface area contributed by atoms with Crippen LogP contribution in [-0.2, 0) is 0 Å². The van der Waals surface area contributed by atoms with Gasteiger partial charge in [-0.2, -0.15) is 0 Å². The number of rotatable bonds is 3. The van der Waals surface area contributed by atoms with Crippen LogP contribution in [0.25, 0.3) is 0 Å². The minimum Gasteiger partial charge on any atom is -0.309 e. The van der Waals surface area contributed by atoms with Gasteiger partial charge in [-0.05, 0) is 36.9 Å². The summed E-state index contributed by atoms with van der Waals surface area (Å²) in [6.07, 6.45) is 0. The summed E-state index contributed by atoms with van der Waals surface area (Å²) in [5.74, 6) is -0.205. The summed E-state index contributed by atoms with van der Waals surface area (Å²) < 4.78 is 15.8. The van der Waals surface area contributed by atoms with Gasteiger partial charge in [-0.1, -0.05) is 50.1 Å². The van der Waals surface area contributed by atoms with Crippen molar-refractivity contribution in [3.63, 3.8) is 0 Å². The number of nitrogens with one attached hydrogen (secondary N) is 1. The van der Waals surface area contributed by atoms with Crippen LogP contribution in [0.1, 0.15) is 17.2 Å². The molecule has 0 spiro atoms. The molecular weight excluding hydrogens is 361 g/mol. The Morgan fingerprint density at radius 2 is 1.78 bits per heavy atom. The van der Waals surface area contributed by atoms with Crippen LogP contribution in [0.15, 0.2) is 51.4 Å². The topological polar surface area (TPSA) is 12.0 Å². The van der Waals surface area contributed by atoms with E-state index in [1.807, 2.05) is 31.3 Å². The summed E-state index contributed by atoms with van der Waals surface area (Å²) in [5.41, 5.74) is 1.63. The van der Waals surface area contributed by atoms with Crippen LogP contribution >= 0.6 is 31.9 Å². The van der Waals surface area contributed by atoms with E-state index in [-0.39, 0.29) is 11.9 Å². The van der Waals surface area contributed by atoms with E-state index < -0.39 is 0 Å². The van der Waals surface area contributed by atoms with Gasteiger partial charge in [0.2, 0.25) is 0 Å². The minimum absolute atomic E-state index is 0.182. The van der Waals surface area contributed by atoms with E-state index in [1.54, 1.807) is 12.1 Å². The zero-order valence-corrected chi connectivity index (χ0v) is 12.9. The molecule has 2 aromatic carbocycles. The Morgan fingerprint density at radius 3 is 2.44 bits per heavy atom. The molecule has 1 nitrogen and oxygen atoms in total. The summed E-state index contributed by atoms with van der Waals surface area (Å²) in [6, 6.07) is 12.5. The number of hydrogen-bond acceptors (Lipinski definition) is 1. The Hall–Kier alpha value is -0.710. The van der Waals surface area contributed by atoms with E-state index >= 15 is 0 Å². The zero-order valence-electron chi connectivity index (χ0n) is 9.75. The van der Waals surface area contributed by atoms with Gasteiger partial charge in [0.25, 0.3) is 0 Å². The summed E-state index contributed by atoms with van der Waals surface area (Å²) in [5, 5.41) is 3.15. The van der Waals surface area contributed by atoms with Crippen LogP contribution in [0, 0.1) is 5.82 Å². The number of benzene rings is 2. The van der Waals surface area contributed by atoms with E-state index in [4.69, 9.17) is 0 Å². The smallest absolute Gasteiger partial charge is 0.128 e. The van der Waals surface area contributed by atoms with Gasteiger partial charge in [0.1, 0.15) is 5.82 Å². The quantitative estimate of drug-likeness (QED) is 0.826. The third kappa shape index (κ3) is 2.82. The molecule has 1 unspecified atom stereocenters. The van der Waals surface area contributed by atoms with Gasteiger partial charge >= 0.3 is 0 Å². The van der Waals surface area contributed by atoms with Crippen molar-refractivity contribution < 1.29 is 4.39 Å². The molecule has 0 aromatic heterocycles. The van der Waals surface area contributed by atoms with Crippen molar-refractivity contribution in [2.75, 3.05) is 7.05 Å². The first-order valence-electron chi connectivity index (χ1n) is 5.50. The Bertz CT molecular complexity index is 557. The van der Waals surface area contributed by atoms with Gasteiger partial charge in [-0.3, -0.25) is 0 Å². The van der Waals surface area contributed by atoms with E-state index in [0.717, 1.165) is 14.5 Å². The third-order valence-electron chi connectivity index (χ3n) is 2.77. The second kappa shape index (κ2) is 5.95. The average Bonchev–Trinajstić information content (AvgIpc) is 2.36. The van der Waals surface area contributed by atoms with Crippen LogP contribution in [-0.4, -0.2) is 7.05 Å². The predicted octanol–water partition coefficient (Wildman–Crippen LogP) is 4.66. The molecule has 2 rings (SSSR count). The Kier molecular flexibility index (Phi) is 4.54. The highest BCUT2D eigenvalue weighted by Crippen LogP contribution is 2.31. The molecular formula is C14H12Br2FN. The molecule has 0 radical (unpaired) electrons. The monoisotopic (exact) mass is 371 g/mol. The summed E-state index contributed by atoms with van der Waals surface area (Å²) in [7, 11) is 1.82. The van der Waals surface area contributed by atoms with Gasteiger partial charge in [0.05, 0.1) is 6.04 Å². The average molecular weight is 373 g/mol. The highest BCUT2D eigenvalue weighted by atomic mass is 79.9. The fourth-order valence-electron chi connectivity index (χ4n) is 1.92. The summed E-state index contributed by atoms with van der Waals surface area (Å²) in [6.45, 7) is 0. The number of halogens is 3. The maximum Gasteiger partial charge on any atom is 0.128 e. The molecule has 0 aliphatic carbocycles. The molecule has 4 heteroatoms. The molecule has 94 valence electrons. The van der Waals surface area contributed by atoms with Crippen molar-refractivity contribution in [2.24, 2.45) is 0 Å². The molecule has 0 saturated carbocycles. The van der Waals surface area contributed by atoms with Gasteiger partial charge in [-0.25, -0.2) is 4.39 Å². The van der Waals surface area contributed by atoms with E-state index in [0.29, 0.717) is 5.56 Å². The largest absolute Gasteiger partial charge is 0.309 e. The first-order valence-corrected chi connectivity index (χ1v) is 7.08. The molecule has 2 aromatic rings. The van der Waals surface area contributed by atoms with Crippen LogP contribution in [0.2, 0.25) is 0 Å². The molecule has 0 aliphatic rings. The second-order valence-electron chi connectivity index (χ2n) is 3.91. The molecule has 1 atom stereocenters. The van der Waals surface area contributed by atoms with Crippen LogP contribution in [0.5, 0.6) is 0 Å². The molecule has 0 aliphatic heterocycles. The van der Waals surface area contributed by atoms with Crippen LogP contribution < -0.4 is 5.32 Å². The van der Waals surface area contributed by atoms with Gasteiger partial charge in [0, 0.05) is 14.5 Å². The lowest BCUT2D eigenvalue weighted by atomic mass is 9.98. The fraction of sp³-hybridized carbons (Fsp3) is 0.143. The maximum absolute atomic E-state index is 13.9. The summed E-state index contributed by atoms with van der Waals surface area (Å²) >= 11 is 6.95. The minimum atomic E-state index is -0.205. The molecule has 1 N–H and O–H groups in total. The first kappa shape index (κ1) is 13.7. The fourth-order valence-corrected chi connectivity index (χ4v) is 2.78. The molecule has 0 amide bonds. The lowest BCUT2D eigenvalue weighted by Crippen LogP contribution is -2.19. The van der Waals surface area contributed by atoms with E-state index in [9.17, 15) is 4.39 Å². The molecule has 18 heavy (non-hydrogen) atoms. The van der Waals surface area contributed by atoms with Crippen LogP contribution in [0.3, 0.4) is 0 Å². The van der Waals surface area contributed by atoms with Gasteiger partial charge in [0.15, 0.2) is 0 Å². The molecule has 0 bridgehead atoms. The van der Waals surface area contributed by atoms with Crippen molar-refractivity contribution in [3.8, 4) is 0 Å². The van der Waals surface area contributed by atoms with Gasteiger partial charge < -0.3 is 5.32 Å². The van der Waals surface area contributed by atoms with E-state index in [2.05, 4.69) is 37.2 Å². The zero-order chi connectivity index (χ0) is 13.1. The Morgan fingerprint density at radius 1 is 1.06 bits per heavy atom. The highest BCUT2D eigenvalue weighted by molar-refractivity contribution is 9.11. The van der Waals surface area contributed by atoms with E-state index in [1.165, 1.54) is 6.07 Å².